The molecule has 1 aromatic rings. The Hall–Kier alpha value is -0.830. The predicted molar refractivity (Wildman–Crippen MR) is 68.5 cm³/mol. The molecule has 0 saturated heterocycles. The average molecular weight is 282 g/mol. The lowest BCUT2D eigenvalue weighted by atomic mass is 9.74. The van der Waals surface area contributed by atoms with Crippen molar-refractivity contribution in [1.82, 2.24) is 5.32 Å². The number of benzene rings is 1. The first-order valence-electron chi connectivity index (χ1n) is 5.74. The van der Waals surface area contributed by atoms with Crippen molar-refractivity contribution < 1.29 is 4.79 Å². The second-order valence-electron chi connectivity index (χ2n) is 4.42. The molecule has 1 aliphatic carbocycles. The van der Waals surface area contributed by atoms with Crippen LogP contribution in [0.25, 0.3) is 0 Å². The van der Waals surface area contributed by atoms with Gasteiger partial charge in [-0.25, -0.2) is 0 Å². The molecule has 1 amide bonds. The summed E-state index contributed by atoms with van der Waals surface area (Å²) in [5.41, 5.74) is 0.786. The Kier molecular flexibility index (Phi) is 3.33. The summed E-state index contributed by atoms with van der Waals surface area (Å²) in [6.07, 6.45) is 4.46. The first kappa shape index (κ1) is 11.6. The highest BCUT2D eigenvalue weighted by molar-refractivity contribution is 9.10. The molecule has 0 atom stereocenters. The van der Waals surface area contributed by atoms with Crippen LogP contribution in [-0.4, -0.2) is 11.4 Å². The van der Waals surface area contributed by atoms with Crippen LogP contribution < -0.4 is 5.32 Å². The SMILES string of the molecule is CCC1(NC(=O)c2ccccc2Br)CCC1. The van der Waals surface area contributed by atoms with Gasteiger partial charge in [-0.05, 0) is 53.7 Å². The highest BCUT2D eigenvalue weighted by Crippen LogP contribution is 2.35. The zero-order valence-corrected chi connectivity index (χ0v) is 11.0. The van der Waals surface area contributed by atoms with Crippen molar-refractivity contribution >= 4 is 21.8 Å². The Balaban J connectivity index is 2.11. The largest absolute Gasteiger partial charge is 0.347 e. The predicted octanol–water partition coefficient (Wildman–Crippen LogP) is 3.51. The molecular formula is C13H16BrNO. The normalized spacial score (nSPS) is 17.6. The summed E-state index contributed by atoms with van der Waals surface area (Å²) in [5.74, 6) is 0.0361. The van der Waals surface area contributed by atoms with Gasteiger partial charge < -0.3 is 5.32 Å². The van der Waals surface area contributed by atoms with Gasteiger partial charge in [-0.15, -0.1) is 0 Å². The molecule has 0 spiro atoms. The Morgan fingerprint density at radius 1 is 1.44 bits per heavy atom. The number of carbonyl (C=O) groups excluding carboxylic acids is 1. The number of nitrogens with one attached hydrogen (secondary N) is 1. The lowest BCUT2D eigenvalue weighted by Crippen LogP contribution is -2.53. The van der Waals surface area contributed by atoms with Gasteiger partial charge in [0.1, 0.15) is 0 Å². The maximum atomic E-state index is 12.1. The lowest BCUT2D eigenvalue weighted by Gasteiger charge is -2.42. The van der Waals surface area contributed by atoms with Crippen molar-refractivity contribution in [2.75, 3.05) is 0 Å². The second kappa shape index (κ2) is 4.58. The van der Waals surface area contributed by atoms with E-state index in [0.717, 1.165) is 29.3 Å². The van der Waals surface area contributed by atoms with E-state index in [1.165, 1.54) is 6.42 Å². The quantitative estimate of drug-likeness (QED) is 0.903. The summed E-state index contributed by atoms with van der Waals surface area (Å²) in [6.45, 7) is 2.14. The highest BCUT2D eigenvalue weighted by atomic mass is 79.9. The molecule has 1 saturated carbocycles. The molecule has 1 N–H and O–H groups in total. The standard InChI is InChI=1S/C13H16BrNO/c1-2-13(8-5-9-13)15-12(16)10-6-3-4-7-11(10)14/h3-4,6-7H,2,5,8-9H2,1H3,(H,15,16). The second-order valence-corrected chi connectivity index (χ2v) is 5.28. The van der Waals surface area contributed by atoms with E-state index in [2.05, 4.69) is 28.2 Å². The topological polar surface area (TPSA) is 29.1 Å². The third-order valence-electron chi connectivity index (χ3n) is 3.48. The molecule has 0 aromatic heterocycles. The van der Waals surface area contributed by atoms with E-state index in [1.54, 1.807) is 0 Å². The molecule has 0 bridgehead atoms. The Bertz CT molecular complexity index is 393. The number of rotatable bonds is 3. The number of halogens is 1. The average Bonchev–Trinajstić information content (AvgIpc) is 2.24. The van der Waals surface area contributed by atoms with Crippen LogP contribution in [-0.2, 0) is 0 Å². The van der Waals surface area contributed by atoms with Crippen LogP contribution in [0, 0.1) is 0 Å². The van der Waals surface area contributed by atoms with Crippen LogP contribution in [0.5, 0.6) is 0 Å². The third kappa shape index (κ3) is 2.14. The van der Waals surface area contributed by atoms with E-state index in [4.69, 9.17) is 0 Å². The zero-order valence-electron chi connectivity index (χ0n) is 9.42. The summed E-state index contributed by atoms with van der Waals surface area (Å²) in [4.78, 5) is 12.1. The summed E-state index contributed by atoms with van der Waals surface area (Å²) in [6, 6.07) is 7.55. The van der Waals surface area contributed by atoms with Crippen molar-refractivity contribution in [2.45, 2.75) is 38.1 Å². The minimum absolute atomic E-state index is 0.0361. The van der Waals surface area contributed by atoms with Crippen LogP contribution in [0.1, 0.15) is 43.0 Å². The van der Waals surface area contributed by atoms with Gasteiger partial charge in [0, 0.05) is 10.0 Å². The van der Waals surface area contributed by atoms with Crippen molar-refractivity contribution in [3.8, 4) is 0 Å². The van der Waals surface area contributed by atoms with Crippen LogP contribution in [0.2, 0.25) is 0 Å². The summed E-state index contributed by atoms with van der Waals surface area (Å²) >= 11 is 3.41. The lowest BCUT2D eigenvalue weighted by molar-refractivity contribution is 0.0819. The van der Waals surface area contributed by atoms with E-state index in [9.17, 15) is 4.79 Å². The Morgan fingerprint density at radius 2 is 2.12 bits per heavy atom. The number of amides is 1. The molecule has 1 fully saturated rings. The molecular weight excluding hydrogens is 266 g/mol. The molecule has 2 nitrogen and oxygen atoms in total. The Labute approximate surface area is 105 Å². The van der Waals surface area contributed by atoms with Crippen molar-refractivity contribution in [3.05, 3.63) is 34.3 Å². The summed E-state index contributed by atoms with van der Waals surface area (Å²) < 4.78 is 0.859. The zero-order chi connectivity index (χ0) is 11.6. The van der Waals surface area contributed by atoms with E-state index in [1.807, 2.05) is 24.3 Å². The third-order valence-corrected chi connectivity index (χ3v) is 4.18. The van der Waals surface area contributed by atoms with Gasteiger partial charge in [0.05, 0.1) is 5.56 Å². The molecule has 1 aromatic carbocycles. The van der Waals surface area contributed by atoms with Crippen LogP contribution in [0.3, 0.4) is 0 Å². The van der Waals surface area contributed by atoms with Crippen LogP contribution >= 0.6 is 15.9 Å². The molecule has 3 heteroatoms. The van der Waals surface area contributed by atoms with E-state index in [0.29, 0.717) is 0 Å². The number of hydrogen-bond acceptors (Lipinski definition) is 1. The van der Waals surface area contributed by atoms with Gasteiger partial charge in [-0.2, -0.15) is 0 Å². The smallest absolute Gasteiger partial charge is 0.252 e. The fourth-order valence-corrected chi connectivity index (χ4v) is 2.59. The summed E-state index contributed by atoms with van der Waals surface area (Å²) in [7, 11) is 0. The van der Waals surface area contributed by atoms with Crippen molar-refractivity contribution in [1.29, 1.82) is 0 Å². The first-order valence-corrected chi connectivity index (χ1v) is 6.53. The summed E-state index contributed by atoms with van der Waals surface area (Å²) in [5, 5.41) is 3.17. The molecule has 2 rings (SSSR count). The van der Waals surface area contributed by atoms with E-state index < -0.39 is 0 Å². The first-order chi connectivity index (χ1) is 7.67. The molecule has 0 heterocycles. The molecule has 86 valence electrons. The fourth-order valence-electron chi connectivity index (χ4n) is 2.12. The number of carbonyl (C=O) groups is 1. The van der Waals surface area contributed by atoms with Crippen molar-refractivity contribution in [2.24, 2.45) is 0 Å². The molecule has 0 aliphatic heterocycles. The van der Waals surface area contributed by atoms with Crippen LogP contribution in [0.15, 0.2) is 28.7 Å². The monoisotopic (exact) mass is 281 g/mol. The van der Waals surface area contributed by atoms with E-state index >= 15 is 0 Å². The van der Waals surface area contributed by atoms with Crippen molar-refractivity contribution in [3.63, 3.8) is 0 Å². The van der Waals surface area contributed by atoms with E-state index in [-0.39, 0.29) is 11.4 Å². The minimum atomic E-state index is 0.0361. The van der Waals surface area contributed by atoms with Gasteiger partial charge in [-0.3, -0.25) is 4.79 Å². The fraction of sp³-hybridized carbons (Fsp3) is 0.462. The molecule has 16 heavy (non-hydrogen) atoms. The Morgan fingerprint density at radius 3 is 2.62 bits per heavy atom. The molecule has 0 unspecified atom stereocenters. The van der Waals surface area contributed by atoms with Crippen LogP contribution in [0.4, 0.5) is 0 Å². The van der Waals surface area contributed by atoms with Gasteiger partial charge in [0.25, 0.3) is 5.91 Å². The maximum absolute atomic E-state index is 12.1. The maximum Gasteiger partial charge on any atom is 0.252 e. The highest BCUT2D eigenvalue weighted by Gasteiger charge is 2.36. The number of hydrogen-bond donors (Lipinski definition) is 1. The van der Waals surface area contributed by atoms with Gasteiger partial charge in [-0.1, -0.05) is 19.1 Å². The molecule has 0 radical (unpaired) electrons. The molecule has 1 aliphatic rings. The minimum Gasteiger partial charge on any atom is -0.347 e. The van der Waals surface area contributed by atoms with Gasteiger partial charge in [0.2, 0.25) is 0 Å². The van der Waals surface area contributed by atoms with Gasteiger partial charge in [0.15, 0.2) is 0 Å². The van der Waals surface area contributed by atoms with Gasteiger partial charge >= 0.3 is 0 Å².